The fourth-order valence-electron chi connectivity index (χ4n) is 2.55. The fraction of sp³-hybridized carbons (Fsp3) is 0.143. The van der Waals surface area contributed by atoms with Crippen molar-refractivity contribution in [2.24, 2.45) is 0 Å². The second kappa shape index (κ2) is 8.60. The maximum atomic E-state index is 13.0. The molecule has 1 aromatic heterocycles. The van der Waals surface area contributed by atoms with E-state index in [9.17, 15) is 9.59 Å². The number of carbonyl (C=O) groups excluding carboxylic acids is 2. The van der Waals surface area contributed by atoms with Gasteiger partial charge in [-0.1, -0.05) is 60.3 Å². The summed E-state index contributed by atoms with van der Waals surface area (Å²) in [5.74, 6) is -0.519. The third-order valence-electron chi connectivity index (χ3n) is 3.78. The molecule has 0 bridgehead atoms. The zero-order valence-corrected chi connectivity index (χ0v) is 15.9. The van der Waals surface area contributed by atoms with Crippen LogP contribution >= 0.6 is 11.8 Å². The van der Waals surface area contributed by atoms with Crippen LogP contribution in [-0.2, 0) is 0 Å². The Hall–Kier alpha value is -2.99. The Morgan fingerprint density at radius 2 is 1.37 bits per heavy atom. The van der Waals surface area contributed by atoms with Crippen molar-refractivity contribution in [2.75, 3.05) is 0 Å². The second-order valence-corrected chi connectivity index (χ2v) is 7.07. The predicted octanol–water partition coefficient (Wildman–Crippen LogP) is 3.82. The molecule has 0 unspecified atom stereocenters. The highest BCUT2D eigenvalue weighted by atomic mass is 32.2. The summed E-state index contributed by atoms with van der Waals surface area (Å²) in [4.78, 5) is 34.3. The molecule has 0 radical (unpaired) electrons. The highest BCUT2D eigenvalue weighted by Crippen LogP contribution is 2.22. The van der Waals surface area contributed by atoms with E-state index in [1.54, 1.807) is 48.5 Å². The molecule has 136 valence electrons. The summed E-state index contributed by atoms with van der Waals surface area (Å²) in [5, 5.41) is 2.44. The first kappa shape index (κ1) is 18.8. The first-order chi connectivity index (χ1) is 13.0. The number of Topliss-reactive ketones (excluding diaryl/α,β-unsaturated/α-hetero) is 1. The van der Waals surface area contributed by atoms with Crippen LogP contribution in [0.15, 0.2) is 71.9 Å². The van der Waals surface area contributed by atoms with E-state index >= 15 is 0 Å². The van der Waals surface area contributed by atoms with Gasteiger partial charge in [0.05, 0.1) is 0 Å². The normalized spacial score (nSPS) is 11.6. The third-order valence-corrected chi connectivity index (χ3v) is 4.74. The maximum Gasteiger partial charge on any atom is 0.252 e. The van der Waals surface area contributed by atoms with Gasteiger partial charge in [0, 0.05) is 22.5 Å². The lowest BCUT2D eigenvalue weighted by atomic mass is 10.1. The lowest BCUT2D eigenvalue weighted by molar-refractivity contribution is 0.0892. The summed E-state index contributed by atoms with van der Waals surface area (Å²) in [5.41, 5.74) is 2.63. The number of carbonyl (C=O) groups is 2. The Bertz CT molecular complexity index is 926. The van der Waals surface area contributed by atoms with Crippen LogP contribution in [-0.4, -0.2) is 27.0 Å². The van der Waals surface area contributed by atoms with Crippen LogP contribution in [0.3, 0.4) is 0 Å². The van der Waals surface area contributed by atoms with E-state index in [0.717, 1.165) is 23.1 Å². The number of hydrogen-bond acceptors (Lipinski definition) is 5. The van der Waals surface area contributed by atoms with Crippen LogP contribution in [0.4, 0.5) is 0 Å². The van der Waals surface area contributed by atoms with Crippen molar-refractivity contribution in [3.63, 3.8) is 0 Å². The topological polar surface area (TPSA) is 72.0 Å². The molecule has 1 atom stereocenters. The van der Waals surface area contributed by atoms with Crippen molar-refractivity contribution in [2.45, 2.75) is 24.4 Å². The molecule has 1 N–H and O–H groups in total. The minimum atomic E-state index is -0.832. The van der Waals surface area contributed by atoms with Gasteiger partial charge in [-0.15, -0.1) is 0 Å². The van der Waals surface area contributed by atoms with Gasteiger partial charge in [-0.2, -0.15) is 0 Å². The molecule has 1 heterocycles. The number of nitrogens with zero attached hydrogens (tertiary/aromatic N) is 2. The molecule has 5 nitrogen and oxygen atoms in total. The lowest BCUT2D eigenvalue weighted by Crippen LogP contribution is -2.38. The van der Waals surface area contributed by atoms with Gasteiger partial charge >= 0.3 is 0 Å². The van der Waals surface area contributed by atoms with E-state index in [-0.39, 0.29) is 11.7 Å². The van der Waals surface area contributed by atoms with E-state index < -0.39 is 5.37 Å². The molecule has 3 rings (SSSR count). The van der Waals surface area contributed by atoms with E-state index in [2.05, 4.69) is 15.3 Å². The quantitative estimate of drug-likeness (QED) is 0.306. The van der Waals surface area contributed by atoms with Crippen LogP contribution in [0.1, 0.15) is 32.1 Å². The summed E-state index contributed by atoms with van der Waals surface area (Å²) in [6.45, 7) is 3.74. The molecule has 0 aliphatic carbocycles. The number of ketones is 1. The molecule has 6 heteroatoms. The van der Waals surface area contributed by atoms with Gasteiger partial charge in [0.1, 0.15) is 5.37 Å². The Morgan fingerprint density at radius 3 is 1.93 bits per heavy atom. The molecule has 27 heavy (non-hydrogen) atoms. The highest BCUT2D eigenvalue weighted by molar-refractivity contribution is 8.00. The van der Waals surface area contributed by atoms with Crippen LogP contribution in [0, 0.1) is 13.8 Å². The third kappa shape index (κ3) is 5.01. The van der Waals surface area contributed by atoms with Crippen LogP contribution < -0.4 is 5.32 Å². The minimum Gasteiger partial charge on any atom is -0.333 e. The molecule has 0 saturated heterocycles. The zero-order chi connectivity index (χ0) is 19.2. The number of hydrogen-bond donors (Lipinski definition) is 1. The van der Waals surface area contributed by atoms with Gasteiger partial charge in [-0.25, -0.2) is 9.97 Å². The number of amides is 1. The minimum absolute atomic E-state index is 0.201. The van der Waals surface area contributed by atoms with Gasteiger partial charge in [-0.3, -0.25) is 9.59 Å². The number of benzene rings is 2. The summed E-state index contributed by atoms with van der Waals surface area (Å²) < 4.78 is 0. The maximum absolute atomic E-state index is 13.0. The molecule has 0 spiro atoms. The summed E-state index contributed by atoms with van der Waals surface area (Å²) in [6.07, 6.45) is 0. The highest BCUT2D eigenvalue weighted by Gasteiger charge is 2.25. The largest absolute Gasteiger partial charge is 0.333 e. The first-order valence-electron chi connectivity index (χ1n) is 8.47. The predicted molar refractivity (Wildman–Crippen MR) is 106 cm³/mol. The monoisotopic (exact) mass is 377 g/mol. The molecule has 0 aliphatic heterocycles. The molecule has 0 saturated carbocycles. The molecule has 1 amide bonds. The SMILES string of the molecule is Cc1cc(C)nc(S[C@@H](NC(=O)c2ccccc2)C(=O)c2ccccc2)n1. The molecule has 0 aliphatic rings. The van der Waals surface area contributed by atoms with Crippen molar-refractivity contribution in [1.29, 1.82) is 0 Å². The Morgan fingerprint density at radius 1 is 0.852 bits per heavy atom. The average Bonchev–Trinajstić information content (AvgIpc) is 2.67. The standard InChI is InChI=1S/C21H19N3O2S/c1-14-13-15(2)23-21(22-14)27-20(18(25)16-9-5-3-6-10-16)24-19(26)17-11-7-4-8-12-17/h3-13,20H,1-2H3,(H,24,26)/t20-/m1/s1. The van der Waals surface area contributed by atoms with Crippen LogP contribution in [0.2, 0.25) is 0 Å². The number of aromatic nitrogens is 2. The lowest BCUT2D eigenvalue weighted by Gasteiger charge is -2.17. The number of thioether (sulfide) groups is 1. The first-order valence-corrected chi connectivity index (χ1v) is 9.35. The summed E-state index contributed by atoms with van der Waals surface area (Å²) in [7, 11) is 0. The Kier molecular flexibility index (Phi) is 5.98. The van der Waals surface area contributed by atoms with E-state index in [0.29, 0.717) is 16.3 Å². The van der Waals surface area contributed by atoms with Crippen molar-refractivity contribution in [3.8, 4) is 0 Å². The van der Waals surface area contributed by atoms with Crippen molar-refractivity contribution < 1.29 is 9.59 Å². The summed E-state index contributed by atoms with van der Waals surface area (Å²) in [6, 6.07) is 19.6. The van der Waals surface area contributed by atoms with Crippen LogP contribution in [0.25, 0.3) is 0 Å². The van der Waals surface area contributed by atoms with Gasteiger partial charge in [0.25, 0.3) is 5.91 Å². The van der Waals surface area contributed by atoms with Gasteiger partial charge in [-0.05, 0) is 32.0 Å². The summed E-state index contributed by atoms with van der Waals surface area (Å²) >= 11 is 1.14. The van der Waals surface area contributed by atoms with Crippen LogP contribution in [0.5, 0.6) is 0 Å². The van der Waals surface area contributed by atoms with E-state index in [1.165, 1.54) is 0 Å². The molecular weight excluding hydrogens is 358 g/mol. The number of rotatable bonds is 6. The Balaban J connectivity index is 1.88. The molecule has 2 aromatic carbocycles. The molecule has 0 fully saturated rings. The zero-order valence-electron chi connectivity index (χ0n) is 15.0. The van der Waals surface area contributed by atoms with Crippen molar-refractivity contribution in [1.82, 2.24) is 15.3 Å². The van der Waals surface area contributed by atoms with E-state index in [1.807, 2.05) is 32.0 Å². The number of aryl methyl sites for hydroxylation is 2. The number of nitrogens with one attached hydrogen (secondary N) is 1. The smallest absolute Gasteiger partial charge is 0.252 e. The molecular formula is C21H19N3O2S. The van der Waals surface area contributed by atoms with Gasteiger partial charge in [0.2, 0.25) is 0 Å². The fourth-order valence-corrected chi connectivity index (χ4v) is 3.56. The van der Waals surface area contributed by atoms with Gasteiger partial charge in [0.15, 0.2) is 10.9 Å². The van der Waals surface area contributed by atoms with Crippen molar-refractivity contribution in [3.05, 3.63) is 89.2 Å². The molecule has 3 aromatic rings. The Labute approximate surface area is 162 Å². The average molecular weight is 377 g/mol. The van der Waals surface area contributed by atoms with Crippen molar-refractivity contribution >= 4 is 23.5 Å². The second-order valence-electron chi connectivity index (χ2n) is 6.00. The van der Waals surface area contributed by atoms with Gasteiger partial charge < -0.3 is 5.32 Å². The van der Waals surface area contributed by atoms with E-state index in [4.69, 9.17) is 0 Å².